The second kappa shape index (κ2) is 5.28. The Kier molecular flexibility index (Phi) is 3.13. The average Bonchev–Trinajstić information content (AvgIpc) is 2.93. The number of fused-ring (bicyclic) bond motifs is 1. The first kappa shape index (κ1) is 13.0. The molecule has 4 aromatic rings. The molecule has 0 saturated carbocycles. The highest BCUT2D eigenvalue weighted by molar-refractivity contribution is 6.38. The van der Waals surface area contributed by atoms with Crippen LogP contribution in [0.5, 0.6) is 0 Å². The Hall–Kier alpha value is -2.65. The number of nitrogens with zero attached hydrogens (tertiary/aromatic N) is 2. The molecule has 0 radical (unpaired) electrons. The van der Waals surface area contributed by atoms with Crippen LogP contribution in [-0.4, -0.2) is 15.0 Å². The lowest BCUT2D eigenvalue weighted by Gasteiger charge is -2.01. The maximum absolute atomic E-state index is 6.59. The van der Waals surface area contributed by atoms with Gasteiger partial charge in [0.25, 0.3) is 0 Å². The Morgan fingerprint density at radius 2 is 1.36 bits per heavy atom. The summed E-state index contributed by atoms with van der Waals surface area (Å²) in [7, 11) is 0. The zero-order chi connectivity index (χ0) is 14.9. The van der Waals surface area contributed by atoms with Gasteiger partial charge in [0, 0.05) is 41.3 Å². The summed E-state index contributed by atoms with van der Waals surface area (Å²) in [6.07, 6.45) is 7.11. The Morgan fingerprint density at radius 1 is 0.727 bits per heavy atom. The van der Waals surface area contributed by atoms with Crippen LogP contribution >= 0.6 is 11.6 Å². The molecule has 4 heteroatoms. The quantitative estimate of drug-likeness (QED) is 0.569. The SMILES string of the molecule is Clc1c(-c2ccncc2)[nH]c2ccc(-c3ccncc3)cc12. The van der Waals surface area contributed by atoms with Crippen molar-refractivity contribution in [2.45, 2.75) is 0 Å². The molecule has 106 valence electrons. The lowest BCUT2D eigenvalue weighted by Crippen LogP contribution is -1.78. The van der Waals surface area contributed by atoms with Gasteiger partial charge in [-0.2, -0.15) is 0 Å². The summed E-state index contributed by atoms with van der Waals surface area (Å²) < 4.78 is 0. The van der Waals surface area contributed by atoms with Gasteiger partial charge in [-0.3, -0.25) is 9.97 Å². The van der Waals surface area contributed by atoms with Crippen LogP contribution in [0.2, 0.25) is 5.02 Å². The summed E-state index contributed by atoms with van der Waals surface area (Å²) in [6.45, 7) is 0. The summed E-state index contributed by atoms with van der Waals surface area (Å²) in [6, 6.07) is 14.1. The number of pyridine rings is 2. The Bertz CT molecular complexity index is 931. The zero-order valence-electron chi connectivity index (χ0n) is 11.6. The lowest BCUT2D eigenvalue weighted by molar-refractivity contribution is 1.32. The minimum absolute atomic E-state index is 0.733. The van der Waals surface area contributed by atoms with Crippen LogP contribution in [-0.2, 0) is 0 Å². The number of aromatic nitrogens is 3. The molecule has 0 aliphatic rings. The van der Waals surface area contributed by atoms with Crippen molar-refractivity contribution in [2.75, 3.05) is 0 Å². The van der Waals surface area contributed by atoms with Crippen LogP contribution in [0.4, 0.5) is 0 Å². The van der Waals surface area contributed by atoms with Gasteiger partial charge in [0.05, 0.1) is 10.7 Å². The van der Waals surface area contributed by atoms with E-state index in [0.717, 1.165) is 38.3 Å². The van der Waals surface area contributed by atoms with Gasteiger partial charge in [-0.1, -0.05) is 17.7 Å². The number of aromatic amines is 1. The van der Waals surface area contributed by atoms with Gasteiger partial charge in [0.15, 0.2) is 0 Å². The monoisotopic (exact) mass is 305 g/mol. The fraction of sp³-hybridized carbons (Fsp3) is 0. The summed E-state index contributed by atoms with van der Waals surface area (Å²) >= 11 is 6.59. The van der Waals surface area contributed by atoms with Crippen molar-refractivity contribution in [1.29, 1.82) is 0 Å². The third-order valence-electron chi connectivity index (χ3n) is 3.72. The molecule has 0 unspecified atom stereocenters. The van der Waals surface area contributed by atoms with Crippen LogP contribution in [0.25, 0.3) is 33.3 Å². The first-order valence-corrected chi connectivity index (χ1v) is 7.33. The van der Waals surface area contributed by atoms with Gasteiger partial charge < -0.3 is 4.98 Å². The molecular formula is C18H12ClN3. The van der Waals surface area contributed by atoms with E-state index in [-0.39, 0.29) is 0 Å². The van der Waals surface area contributed by atoms with Crippen molar-refractivity contribution >= 4 is 22.5 Å². The van der Waals surface area contributed by atoms with Gasteiger partial charge in [-0.05, 0) is 47.5 Å². The van der Waals surface area contributed by atoms with Gasteiger partial charge in [-0.25, -0.2) is 0 Å². The molecule has 0 bridgehead atoms. The van der Waals surface area contributed by atoms with Crippen LogP contribution in [0.15, 0.2) is 67.3 Å². The lowest BCUT2D eigenvalue weighted by atomic mass is 10.1. The van der Waals surface area contributed by atoms with Crippen LogP contribution in [0, 0.1) is 0 Å². The van der Waals surface area contributed by atoms with Gasteiger partial charge >= 0.3 is 0 Å². The maximum atomic E-state index is 6.59. The smallest absolute Gasteiger partial charge is 0.0740 e. The summed E-state index contributed by atoms with van der Waals surface area (Å²) in [5.74, 6) is 0. The zero-order valence-corrected chi connectivity index (χ0v) is 12.4. The molecule has 3 heterocycles. The van der Waals surface area contributed by atoms with Crippen LogP contribution in [0.1, 0.15) is 0 Å². The predicted molar refractivity (Wildman–Crippen MR) is 89.8 cm³/mol. The number of benzene rings is 1. The summed E-state index contributed by atoms with van der Waals surface area (Å²) in [5, 5.41) is 1.75. The number of halogens is 1. The highest BCUT2D eigenvalue weighted by atomic mass is 35.5. The number of hydrogen-bond donors (Lipinski definition) is 1. The van der Waals surface area contributed by atoms with E-state index in [0.29, 0.717) is 0 Å². The topological polar surface area (TPSA) is 41.6 Å². The largest absolute Gasteiger partial charge is 0.353 e. The molecule has 4 rings (SSSR count). The average molecular weight is 306 g/mol. The normalized spacial score (nSPS) is 11.0. The minimum atomic E-state index is 0.733. The van der Waals surface area contributed by atoms with Gasteiger partial charge in [0.1, 0.15) is 0 Å². The van der Waals surface area contributed by atoms with E-state index in [4.69, 9.17) is 11.6 Å². The minimum Gasteiger partial charge on any atom is -0.353 e. The van der Waals surface area contributed by atoms with Crippen molar-refractivity contribution in [2.24, 2.45) is 0 Å². The van der Waals surface area contributed by atoms with E-state index in [2.05, 4.69) is 33.2 Å². The van der Waals surface area contributed by atoms with Crippen molar-refractivity contribution < 1.29 is 0 Å². The fourth-order valence-corrected chi connectivity index (χ4v) is 2.91. The molecule has 3 nitrogen and oxygen atoms in total. The third-order valence-corrected chi connectivity index (χ3v) is 4.11. The van der Waals surface area contributed by atoms with E-state index in [1.54, 1.807) is 24.8 Å². The molecule has 0 aliphatic heterocycles. The molecule has 0 atom stereocenters. The van der Waals surface area contributed by atoms with Crippen molar-refractivity contribution in [1.82, 2.24) is 15.0 Å². The standard InChI is InChI=1S/C18H12ClN3/c19-17-15-11-14(12-3-7-20-8-4-12)1-2-16(15)22-18(17)13-5-9-21-10-6-13/h1-11,22H. The Morgan fingerprint density at radius 3 is 2.05 bits per heavy atom. The molecular weight excluding hydrogens is 294 g/mol. The van der Waals surface area contributed by atoms with E-state index in [1.165, 1.54) is 0 Å². The highest BCUT2D eigenvalue weighted by Crippen LogP contribution is 2.36. The van der Waals surface area contributed by atoms with E-state index in [9.17, 15) is 0 Å². The molecule has 0 aliphatic carbocycles. The summed E-state index contributed by atoms with van der Waals surface area (Å²) in [5.41, 5.74) is 5.22. The predicted octanol–water partition coefficient (Wildman–Crippen LogP) is 4.95. The summed E-state index contributed by atoms with van der Waals surface area (Å²) in [4.78, 5) is 11.5. The molecule has 1 aromatic carbocycles. The van der Waals surface area contributed by atoms with E-state index >= 15 is 0 Å². The Balaban J connectivity index is 1.89. The van der Waals surface area contributed by atoms with Gasteiger partial charge in [-0.15, -0.1) is 0 Å². The number of hydrogen-bond acceptors (Lipinski definition) is 2. The molecule has 1 N–H and O–H groups in total. The van der Waals surface area contributed by atoms with Crippen LogP contribution in [0.3, 0.4) is 0 Å². The van der Waals surface area contributed by atoms with Crippen molar-refractivity contribution in [3.05, 3.63) is 72.3 Å². The number of rotatable bonds is 2. The second-order valence-corrected chi connectivity index (χ2v) is 5.42. The molecule has 0 saturated heterocycles. The molecule has 0 fully saturated rings. The second-order valence-electron chi connectivity index (χ2n) is 5.05. The van der Waals surface area contributed by atoms with Crippen molar-refractivity contribution in [3.8, 4) is 22.4 Å². The molecule has 3 aromatic heterocycles. The van der Waals surface area contributed by atoms with Crippen LogP contribution < -0.4 is 0 Å². The molecule has 22 heavy (non-hydrogen) atoms. The molecule has 0 amide bonds. The number of nitrogens with one attached hydrogen (secondary N) is 1. The fourth-order valence-electron chi connectivity index (χ4n) is 2.60. The van der Waals surface area contributed by atoms with Crippen molar-refractivity contribution in [3.63, 3.8) is 0 Å². The first-order chi connectivity index (χ1) is 10.8. The number of H-pyrrole nitrogens is 1. The third kappa shape index (κ3) is 2.16. The highest BCUT2D eigenvalue weighted by Gasteiger charge is 2.12. The Labute approximate surface area is 132 Å². The van der Waals surface area contributed by atoms with E-state index in [1.807, 2.05) is 24.3 Å². The van der Waals surface area contributed by atoms with Gasteiger partial charge in [0.2, 0.25) is 0 Å². The van der Waals surface area contributed by atoms with E-state index < -0.39 is 0 Å². The molecule has 0 spiro atoms. The first-order valence-electron chi connectivity index (χ1n) is 6.95. The maximum Gasteiger partial charge on any atom is 0.0740 e.